The minimum Gasteiger partial charge on any atom is -0.334 e. The maximum atomic E-state index is 9.86. The molecule has 0 aliphatic carbocycles. The van der Waals surface area contributed by atoms with Gasteiger partial charge in [-0.1, -0.05) is 12.7 Å². The van der Waals surface area contributed by atoms with E-state index in [9.17, 15) is 4.79 Å². The van der Waals surface area contributed by atoms with Gasteiger partial charge in [-0.25, -0.2) is 0 Å². The smallest absolute Gasteiger partial charge is 0.220 e. The van der Waals surface area contributed by atoms with Crippen LogP contribution in [0.5, 0.6) is 0 Å². The van der Waals surface area contributed by atoms with Crippen LogP contribution in [-0.4, -0.2) is 12.5 Å². The number of nitrogens with one attached hydrogen (secondary N) is 1. The van der Waals surface area contributed by atoms with Gasteiger partial charge >= 0.3 is 0 Å². The zero-order valence-corrected chi connectivity index (χ0v) is 6.26. The van der Waals surface area contributed by atoms with Crippen molar-refractivity contribution in [3.05, 3.63) is 25.4 Å². The monoisotopic (exact) mass is 142 g/mol. The summed E-state index contributed by atoms with van der Waals surface area (Å²) >= 11 is 0. The third kappa shape index (κ3) is 28.5. The topological polar surface area (TPSA) is 55.1 Å². The van der Waals surface area contributed by atoms with E-state index in [0.29, 0.717) is 6.54 Å². The third-order valence-electron chi connectivity index (χ3n) is 0.472. The van der Waals surface area contributed by atoms with Crippen LogP contribution >= 0.6 is 0 Å². The lowest BCUT2D eigenvalue weighted by atomic mass is 10.7. The van der Waals surface area contributed by atoms with E-state index in [0.717, 1.165) is 0 Å². The summed E-state index contributed by atoms with van der Waals surface area (Å²) in [6.45, 7) is 8.64. The molecule has 1 amide bonds. The number of rotatable bonds is 2. The minimum atomic E-state index is -0.0787. The van der Waals surface area contributed by atoms with Gasteiger partial charge in [0.1, 0.15) is 0 Å². The largest absolute Gasteiger partial charge is 0.334 e. The quantitative estimate of drug-likeness (QED) is 0.548. The summed E-state index contributed by atoms with van der Waals surface area (Å²) in [5.41, 5.74) is 4.91. The van der Waals surface area contributed by atoms with Crippen LogP contribution in [0, 0.1) is 0 Å². The van der Waals surface area contributed by atoms with Gasteiger partial charge in [0.2, 0.25) is 5.91 Å². The van der Waals surface area contributed by atoms with Gasteiger partial charge in [0.05, 0.1) is 0 Å². The van der Waals surface area contributed by atoms with Crippen molar-refractivity contribution in [2.45, 2.75) is 6.92 Å². The fourth-order valence-electron chi connectivity index (χ4n) is 0.144. The van der Waals surface area contributed by atoms with Gasteiger partial charge in [-0.3, -0.25) is 4.79 Å². The van der Waals surface area contributed by atoms with E-state index < -0.39 is 0 Å². The second-order valence-corrected chi connectivity index (χ2v) is 1.43. The molecule has 0 atom stereocenters. The van der Waals surface area contributed by atoms with Gasteiger partial charge in [0.15, 0.2) is 0 Å². The van der Waals surface area contributed by atoms with E-state index in [1.807, 2.05) is 0 Å². The van der Waals surface area contributed by atoms with Crippen LogP contribution in [0.2, 0.25) is 0 Å². The van der Waals surface area contributed by atoms with E-state index in [1.165, 1.54) is 13.1 Å². The van der Waals surface area contributed by atoms with Crippen LogP contribution in [-0.2, 0) is 4.79 Å². The Bertz CT molecular complexity index is 110. The number of carbonyl (C=O) groups excluding carboxylic acids is 1. The van der Waals surface area contributed by atoms with Crippen molar-refractivity contribution in [1.82, 2.24) is 5.32 Å². The lowest BCUT2D eigenvalue weighted by Crippen LogP contribution is -2.10. The van der Waals surface area contributed by atoms with Crippen LogP contribution < -0.4 is 11.1 Å². The molecule has 0 aromatic rings. The first kappa shape index (κ1) is 11.7. The molecular weight excluding hydrogens is 128 g/mol. The molecule has 3 nitrogen and oxygen atoms in total. The number of amides is 1. The van der Waals surface area contributed by atoms with Gasteiger partial charge in [0, 0.05) is 13.5 Å². The predicted octanol–water partition coefficient (Wildman–Crippen LogP) is 0.397. The standard InChI is InChI=1S/C4H7NO.C3H7N/c1-3-5-4(2)6;1-2-3-4/h3H,1H2,2H3,(H,5,6);2H,1,3-4H2. The number of hydrogen-bond acceptors (Lipinski definition) is 2. The molecule has 0 radical (unpaired) electrons. The summed E-state index contributed by atoms with van der Waals surface area (Å²) in [5.74, 6) is -0.0787. The summed E-state index contributed by atoms with van der Waals surface area (Å²) in [6, 6.07) is 0. The van der Waals surface area contributed by atoms with Crippen molar-refractivity contribution in [2.75, 3.05) is 6.54 Å². The molecule has 0 fully saturated rings. The Morgan fingerprint density at radius 2 is 2.10 bits per heavy atom. The lowest BCUT2D eigenvalue weighted by molar-refractivity contribution is -0.118. The van der Waals surface area contributed by atoms with Crippen molar-refractivity contribution in [2.24, 2.45) is 5.73 Å². The third-order valence-corrected chi connectivity index (χ3v) is 0.472. The van der Waals surface area contributed by atoms with E-state index in [2.05, 4.69) is 18.5 Å². The number of carbonyl (C=O) groups is 1. The molecule has 0 rings (SSSR count). The lowest BCUT2D eigenvalue weighted by Gasteiger charge is -1.83. The summed E-state index contributed by atoms with van der Waals surface area (Å²) in [6.07, 6.45) is 3.00. The molecule has 3 N–H and O–H groups in total. The second-order valence-electron chi connectivity index (χ2n) is 1.43. The Labute approximate surface area is 61.6 Å². The van der Waals surface area contributed by atoms with E-state index in [1.54, 1.807) is 6.08 Å². The Morgan fingerprint density at radius 3 is 2.10 bits per heavy atom. The highest BCUT2D eigenvalue weighted by atomic mass is 16.1. The normalized spacial score (nSPS) is 6.60. The molecule has 0 aliphatic rings. The van der Waals surface area contributed by atoms with E-state index in [4.69, 9.17) is 5.73 Å². The fourth-order valence-corrected chi connectivity index (χ4v) is 0.144. The Hall–Kier alpha value is -1.09. The van der Waals surface area contributed by atoms with Crippen LogP contribution in [0.25, 0.3) is 0 Å². The first-order valence-electron chi connectivity index (χ1n) is 2.88. The van der Waals surface area contributed by atoms with E-state index in [-0.39, 0.29) is 5.91 Å². The highest BCUT2D eigenvalue weighted by Crippen LogP contribution is 1.54. The average Bonchev–Trinajstić information content (AvgIpc) is 1.89. The van der Waals surface area contributed by atoms with Crippen molar-refractivity contribution in [3.63, 3.8) is 0 Å². The molecule has 3 heteroatoms. The molecule has 0 saturated carbocycles. The molecule has 0 heterocycles. The summed E-state index contributed by atoms with van der Waals surface area (Å²) in [5, 5.41) is 2.33. The molecule has 0 unspecified atom stereocenters. The number of nitrogens with two attached hydrogens (primary N) is 1. The second kappa shape index (κ2) is 10.8. The van der Waals surface area contributed by atoms with Gasteiger partial charge in [-0.15, -0.1) is 6.58 Å². The molecule has 10 heavy (non-hydrogen) atoms. The highest BCUT2D eigenvalue weighted by molar-refractivity contribution is 5.73. The predicted molar refractivity (Wildman–Crippen MR) is 43.3 cm³/mol. The molecule has 0 bridgehead atoms. The van der Waals surface area contributed by atoms with Crippen LogP contribution in [0.1, 0.15) is 6.92 Å². The zero-order valence-electron chi connectivity index (χ0n) is 6.26. The molecule has 0 aromatic heterocycles. The number of hydrogen-bond donors (Lipinski definition) is 2. The summed E-state index contributed by atoms with van der Waals surface area (Å²) in [4.78, 5) is 9.86. The zero-order chi connectivity index (χ0) is 8.41. The molecule has 0 saturated heterocycles. The molecule has 0 spiro atoms. The average molecular weight is 142 g/mol. The van der Waals surface area contributed by atoms with Crippen molar-refractivity contribution >= 4 is 5.91 Å². The first-order valence-corrected chi connectivity index (χ1v) is 2.88. The van der Waals surface area contributed by atoms with Crippen LogP contribution in [0.4, 0.5) is 0 Å². The molecule has 0 aromatic carbocycles. The Kier molecular flexibility index (Phi) is 12.6. The fraction of sp³-hybridized carbons (Fsp3) is 0.286. The first-order chi connectivity index (χ1) is 4.68. The van der Waals surface area contributed by atoms with Crippen molar-refractivity contribution in [3.8, 4) is 0 Å². The maximum Gasteiger partial charge on any atom is 0.220 e. The highest BCUT2D eigenvalue weighted by Gasteiger charge is 1.75. The Balaban J connectivity index is 0. The molecule has 0 aliphatic heterocycles. The summed E-state index contributed by atoms with van der Waals surface area (Å²) in [7, 11) is 0. The van der Waals surface area contributed by atoms with Crippen LogP contribution in [0.3, 0.4) is 0 Å². The van der Waals surface area contributed by atoms with Gasteiger partial charge in [-0.05, 0) is 6.20 Å². The van der Waals surface area contributed by atoms with E-state index >= 15 is 0 Å². The Morgan fingerprint density at radius 1 is 1.70 bits per heavy atom. The minimum absolute atomic E-state index is 0.0787. The SMILES string of the molecule is C=CCN.C=CNC(C)=O. The van der Waals surface area contributed by atoms with Gasteiger partial charge < -0.3 is 11.1 Å². The molecule has 58 valence electrons. The summed E-state index contributed by atoms with van der Waals surface area (Å²) < 4.78 is 0. The van der Waals surface area contributed by atoms with Gasteiger partial charge in [-0.2, -0.15) is 0 Å². The maximum absolute atomic E-state index is 9.86. The molecular formula is C7H14N2O. The van der Waals surface area contributed by atoms with Crippen molar-refractivity contribution < 1.29 is 4.79 Å². The van der Waals surface area contributed by atoms with Gasteiger partial charge in [0.25, 0.3) is 0 Å². The van der Waals surface area contributed by atoms with Crippen LogP contribution in [0.15, 0.2) is 25.4 Å². The van der Waals surface area contributed by atoms with Crippen molar-refractivity contribution in [1.29, 1.82) is 0 Å².